The summed E-state index contributed by atoms with van der Waals surface area (Å²) >= 11 is 0. The fraction of sp³-hybridized carbons (Fsp3) is 0.458. The van der Waals surface area contributed by atoms with E-state index in [2.05, 4.69) is 34.1 Å². The molecule has 4 aromatic heterocycles. The minimum absolute atomic E-state index is 0.0408. The van der Waals surface area contributed by atoms with Crippen molar-refractivity contribution in [2.24, 2.45) is 0 Å². The second-order valence-electron chi connectivity index (χ2n) is 8.93. The molecule has 2 N–H and O–H groups in total. The molecule has 8 nitrogen and oxygen atoms in total. The highest BCUT2D eigenvalue weighted by Gasteiger charge is 2.32. The minimum Gasteiger partial charge on any atom is -0.480 e. The number of pyridine rings is 1. The molecule has 0 amide bonds. The van der Waals surface area contributed by atoms with Crippen molar-refractivity contribution < 1.29 is 13.9 Å². The zero-order chi connectivity index (χ0) is 23.0. The molecule has 0 bridgehead atoms. The monoisotopic (exact) mass is 452 g/mol. The van der Waals surface area contributed by atoms with Gasteiger partial charge in [0, 0.05) is 36.2 Å². The molecule has 0 aliphatic heterocycles. The van der Waals surface area contributed by atoms with Gasteiger partial charge in [-0.25, -0.2) is 4.98 Å². The number of anilines is 1. The Morgan fingerprint density at radius 3 is 2.85 bits per heavy atom. The topological polar surface area (TPSA) is 89.4 Å². The number of halogens is 1. The Bertz CT molecular complexity index is 1270. The van der Waals surface area contributed by atoms with Crippen LogP contribution in [0.1, 0.15) is 46.0 Å². The van der Waals surface area contributed by atoms with E-state index in [1.807, 2.05) is 12.3 Å². The molecule has 4 heterocycles. The first kappa shape index (κ1) is 21.6. The van der Waals surface area contributed by atoms with Crippen LogP contribution in [0.15, 0.2) is 30.7 Å². The van der Waals surface area contributed by atoms with E-state index >= 15 is 0 Å². The van der Waals surface area contributed by atoms with E-state index in [1.54, 1.807) is 19.4 Å². The van der Waals surface area contributed by atoms with Gasteiger partial charge in [-0.1, -0.05) is 6.92 Å². The first-order valence-electron chi connectivity index (χ1n) is 11.5. The summed E-state index contributed by atoms with van der Waals surface area (Å²) in [5.41, 5.74) is 2.82. The molecule has 0 atom stereocenters. The Kier molecular flexibility index (Phi) is 5.65. The van der Waals surface area contributed by atoms with Gasteiger partial charge in [0.25, 0.3) is 0 Å². The molecule has 174 valence electrons. The van der Waals surface area contributed by atoms with Gasteiger partial charge in [-0.05, 0) is 51.2 Å². The van der Waals surface area contributed by atoms with Crippen molar-refractivity contribution in [3.8, 4) is 17.0 Å². The van der Waals surface area contributed by atoms with E-state index in [0.717, 1.165) is 55.2 Å². The van der Waals surface area contributed by atoms with Gasteiger partial charge in [0.05, 0.1) is 24.3 Å². The summed E-state index contributed by atoms with van der Waals surface area (Å²) in [6.07, 6.45) is 9.80. The van der Waals surface area contributed by atoms with Gasteiger partial charge in [0.15, 0.2) is 0 Å². The van der Waals surface area contributed by atoms with Gasteiger partial charge in [0.2, 0.25) is 17.8 Å². The predicted octanol–water partition coefficient (Wildman–Crippen LogP) is 4.96. The van der Waals surface area contributed by atoms with Gasteiger partial charge in [-0.2, -0.15) is 14.4 Å². The van der Waals surface area contributed by atoms with Crippen LogP contribution < -0.4 is 10.1 Å². The lowest BCUT2D eigenvalue weighted by Crippen LogP contribution is -2.38. The molecule has 4 aromatic rings. The van der Waals surface area contributed by atoms with Crippen molar-refractivity contribution in [3.63, 3.8) is 0 Å². The Morgan fingerprint density at radius 2 is 2.09 bits per heavy atom. The van der Waals surface area contributed by atoms with Crippen LogP contribution in [0.2, 0.25) is 0 Å². The molecular formula is C24H29FN6O2. The third-order valence-electron chi connectivity index (χ3n) is 6.49. The Balaban J connectivity index is 1.40. The summed E-state index contributed by atoms with van der Waals surface area (Å²) in [6.45, 7) is 5.15. The van der Waals surface area contributed by atoms with Crippen molar-refractivity contribution in [2.75, 3.05) is 19.0 Å². The lowest BCUT2D eigenvalue weighted by Gasteiger charge is -2.37. The van der Waals surface area contributed by atoms with Crippen molar-refractivity contribution >= 4 is 22.6 Å². The van der Waals surface area contributed by atoms with Crippen LogP contribution in [0.5, 0.6) is 5.88 Å². The number of aromatic nitrogens is 5. The molecule has 1 saturated carbocycles. The first-order chi connectivity index (χ1) is 16.0. The van der Waals surface area contributed by atoms with Gasteiger partial charge < -0.3 is 19.8 Å². The van der Waals surface area contributed by atoms with Crippen LogP contribution in [-0.4, -0.2) is 49.7 Å². The van der Waals surface area contributed by atoms with Gasteiger partial charge in [-0.15, -0.1) is 0 Å². The third kappa shape index (κ3) is 4.13. The average Bonchev–Trinajstić information content (AvgIpc) is 3.42. The summed E-state index contributed by atoms with van der Waals surface area (Å²) in [6, 6.07) is 3.96. The number of rotatable bonds is 7. The number of nitrogens with one attached hydrogen (secondary N) is 2. The number of aromatic amines is 1. The molecule has 1 aliphatic carbocycles. The maximum Gasteiger partial charge on any atom is 0.228 e. The Morgan fingerprint density at radius 1 is 1.27 bits per heavy atom. The largest absolute Gasteiger partial charge is 0.480 e. The number of methoxy groups -OCH3 is 1. The predicted molar refractivity (Wildman–Crippen MR) is 125 cm³/mol. The van der Waals surface area contributed by atoms with E-state index in [0.29, 0.717) is 23.1 Å². The van der Waals surface area contributed by atoms with Gasteiger partial charge >= 0.3 is 0 Å². The van der Waals surface area contributed by atoms with Crippen LogP contribution in [0.25, 0.3) is 27.8 Å². The lowest BCUT2D eigenvalue weighted by atomic mass is 9.83. The zero-order valence-corrected chi connectivity index (χ0v) is 19.2. The molecule has 0 spiro atoms. The lowest BCUT2D eigenvalue weighted by molar-refractivity contribution is -0.0574. The normalized spacial score (nSPS) is 21.0. The quantitative estimate of drug-likeness (QED) is 0.412. The third-order valence-corrected chi connectivity index (χ3v) is 6.49. The zero-order valence-electron chi connectivity index (χ0n) is 19.2. The molecule has 1 fully saturated rings. The van der Waals surface area contributed by atoms with E-state index in [9.17, 15) is 4.39 Å². The smallest absolute Gasteiger partial charge is 0.228 e. The fourth-order valence-corrected chi connectivity index (χ4v) is 4.60. The number of ether oxygens (including phenoxy) is 2. The highest BCUT2D eigenvalue weighted by atomic mass is 19.1. The van der Waals surface area contributed by atoms with Gasteiger partial charge in [0.1, 0.15) is 11.3 Å². The second-order valence-corrected chi connectivity index (χ2v) is 8.93. The van der Waals surface area contributed by atoms with Crippen LogP contribution in [0.4, 0.5) is 10.3 Å². The number of hydrogen-bond acceptors (Lipinski definition) is 6. The summed E-state index contributed by atoms with van der Waals surface area (Å²) in [5, 5.41) is 4.24. The average molecular weight is 453 g/mol. The Labute approximate surface area is 191 Å². The van der Waals surface area contributed by atoms with E-state index < -0.39 is 5.95 Å². The van der Waals surface area contributed by atoms with E-state index in [-0.39, 0.29) is 11.6 Å². The molecule has 0 aromatic carbocycles. The number of hydrogen-bond donors (Lipinski definition) is 2. The molecule has 5 rings (SSSR count). The summed E-state index contributed by atoms with van der Waals surface area (Å²) < 4.78 is 27.2. The summed E-state index contributed by atoms with van der Waals surface area (Å²) in [5.74, 6) is 0.592. The molecule has 0 unspecified atom stereocenters. The number of H-pyrrole nitrogens is 1. The van der Waals surface area contributed by atoms with Crippen molar-refractivity contribution in [1.82, 2.24) is 24.3 Å². The number of nitrogens with zero attached hydrogens (tertiary/aromatic N) is 4. The molecule has 0 radical (unpaired) electrons. The molecule has 33 heavy (non-hydrogen) atoms. The maximum absolute atomic E-state index is 14.0. The Hall–Kier alpha value is -3.20. The molecule has 1 aliphatic rings. The summed E-state index contributed by atoms with van der Waals surface area (Å²) in [7, 11) is 1.60. The van der Waals surface area contributed by atoms with Crippen molar-refractivity contribution in [3.05, 3.63) is 36.7 Å². The highest BCUT2D eigenvalue weighted by molar-refractivity contribution is 5.97. The minimum atomic E-state index is -0.412. The number of fused-ring (bicyclic) bond motifs is 2. The number of imidazole rings is 1. The van der Waals surface area contributed by atoms with Crippen LogP contribution >= 0.6 is 0 Å². The molecule has 0 saturated heterocycles. The summed E-state index contributed by atoms with van der Waals surface area (Å²) in [4.78, 5) is 16.6. The highest BCUT2D eigenvalue weighted by Crippen LogP contribution is 2.36. The fourth-order valence-electron chi connectivity index (χ4n) is 4.60. The van der Waals surface area contributed by atoms with Crippen molar-refractivity contribution in [1.29, 1.82) is 0 Å². The van der Waals surface area contributed by atoms with Crippen molar-refractivity contribution in [2.45, 2.75) is 57.6 Å². The van der Waals surface area contributed by atoms with Gasteiger partial charge in [-0.3, -0.25) is 4.40 Å². The second kappa shape index (κ2) is 8.62. The standard InChI is InChI=1S/C24H29FN6O2/c1-4-11-33-24(2)9-7-16(8-10-24)28-23-29-21-20(22(30-23)32-3)17(12-27-21)15-5-6-19-26-13-18(25)31(19)14-15/h5-6,12-14,16H,4,7-11H2,1-3H3,(H2,27,28,29,30)/t16-,24-. The maximum atomic E-state index is 14.0. The van der Waals surface area contributed by atoms with E-state index in [4.69, 9.17) is 14.5 Å². The van der Waals surface area contributed by atoms with Crippen LogP contribution in [0, 0.1) is 5.95 Å². The SMILES string of the molecule is CCCO[C@]1(C)CC[C@@H](Nc2nc(OC)c3c(-c4ccc5ncc(F)n5c4)c[nH]c3n2)CC1. The van der Waals surface area contributed by atoms with Crippen LogP contribution in [-0.2, 0) is 4.74 Å². The molecular weight excluding hydrogens is 423 g/mol. The molecule has 9 heteroatoms. The van der Waals surface area contributed by atoms with E-state index in [1.165, 1.54) is 10.6 Å². The van der Waals surface area contributed by atoms with Crippen LogP contribution in [0.3, 0.4) is 0 Å². The first-order valence-corrected chi connectivity index (χ1v) is 11.5.